The molecule has 0 saturated carbocycles. The summed E-state index contributed by atoms with van der Waals surface area (Å²) in [6.45, 7) is 2.94. The Hall–Kier alpha value is -2.04. The topological polar surface area (TPSA) is 71.4 Å². The first kappa shape index (κ1) is 16.3. The normalized spacial score (nSPS) is 18.9. The van der Waals surface area contributed by atoms with Crippen molar-refractivity contribution in [2.75, 3.05) is 39.2 Å². The van der Waals surface area contributed by atoms with E-state index in [-0.39, 0.29) is 18.0 Å². The lowest BCUT2D eigenvalue weighted by atomic mass is 10.00. The van der Waals surface area contributed by atoms with Crippen LogP contribution in [0.5, 0.6) is 0 Å². The highest BCUT2D eigenvalue weighted by molar-refractivity contribution is 5.88. The molecular formula is C15H23N5O2. The Morgan fingerprint density at radius 3 is 3.14 bits per heavy atom. The van der Waals surface area contributed by atoms with Gasteiger partial charge in [0.2, 0.25) is 0 Å². The third kappa shape index (κ3) is 4.76. The van der Waals surface area contributed by atoms with Gasteiger partial charge in [-0.1, -0.05) is 5.92 Å². The predicted octanol–water partition coefficient (Wildman–Crippen LogP) is 0.605. The van der Waals surface area contributed by atoms with Gasteiger partial charge < -0.3 is 15.0 Å². The molecule has 0 radical (unpaired) electrons. The Balaban J connectivity index is 1.82. The molecule has 2 rings (SSSR count). The highest BCUT2D eigenvalue weighted by atomic mass is 16.5. The molecule has 1 fully saturated rings. The summed E-state index contributed by atoms with van der Waals surface area (Å²) >= 11 is 0. The van der Waals surface area contributed by atoms with Crippen LogP contribution in [0, 0.1) is 18.3 Å². The van der Waals surface area contributed by atoms with Crippen LogP contribution in [-0.2, 0) is 11.3 Å². The van der Waals surface area contributed by atoms with Gasteiger partial charge in [0.05, 0.1) is 19.2 Å². The number of anilines is 1. The van der Waals surface area contributed by atoms with Gasteiger partial charge in [-0.05, 0) is 20.5 Å². The fraction of sp³-hybridized carbons (Fsp3) is 0.600. The lowest BCUT2D eigenvalue weighted by molar-refractivity contribution is 0.181. The standard InChI is InChI=1S/C15H23N5O2/c1-4-13(12-6-10-22-11-12)16-15(21)17-14-5-7-20(18-14)9-8-19(2)3/h1,5,7,12-13H,6,8-11H2,2-3H3,(H2,16,17,18,21)/t12-,13-/m0/s1. The monoisotopic (exact) mass is 305 g/mol. The van der Waals surface area contributed by atoms with E-state index in [1.807, 2.05) is 20.3 Å². The molecule has 2 atom stereocenters. The van der Waals surface area contributed by atoms with Crippen molar-refractivity contribution in [3.05, 3.63) is 12.3 Å². The van der Waals surface area contributed by atoms with E-state index in [9.17, 15) is 4.79 Å². The molecule has 22 heavy (non-hydrogen) atoms. The molecule has 1 aliphatic rings. The van der Waals surface area contributed by atoms with Crippen molar-refractivity contribution in [1.82, 2.24) is 20.0 Å². The van der Waals surface area contributed by atoms with Gasteiger partial charge in [0.15, 0.2) is 5.82 Å². The van der Waals surface area contributed by atoms with Gasteiger partial charge in [-0.25, -0.2) is 4.79 Å². The molecule has 1 aliphatic heterocycles. The van der Waals surface area contributed by atoms with Crippen molar-refractivity contribution in [3.8, 4) is 12.3 Å². The quantitative estimate of drug-likeness (QED) is 0.755. The molecule has 2 heterocycles. The number of rotatable bonds is 6. The third-order valence-corrected chi connectivity index (χ3v) is 3.56. The minimum atomic E-state index is -0.340. The zero-order chi connectivity index (χ0) is 15.9. The fourth-order valence-corrected chi connectivity index (χ4v) is 2.26. The van der Waals surface area contributed by atoms with Crippen LogP contribution in [0.2, 0.25) is 0 Å². The molecule has 0 spiro atoms. The SMILES string of the molecule is C#C[C@H](NC(=O)Nc1ccn(CCN(C)C)n1)[C@H]1CCOC1. The molecule has 0 bridgehead atoms. The fourth-order valence-electron chi connectivity index (χ4n) is 2.26. The van der Waals surface area contributed by atoms with Crippen LogP contribution >= 0.6 is 0 Å². The molecule has 2 N–H and O–H groups in total. The number of ether oxygens (including phenoxy) is 1. The number of terminal acetylenes is 1. The predicted molar refractivity (Wildman–Crippen MR) is 84.5 cm³/mol. The number of urea groups is 1. The van der Waals surface area contributed by atoms with Crippen LogP contribution in [0.3, 0.4) is 0 Å². The summed E-state index contributed by atoms with van der Waals surface area (Å²) in [6, 6.07) is 1.10. The number of nitrogens with one attached hydrogen (secondary N) is 2. The largest absolute Gasteiger partial charge is 0.381 e. The van der Waals surface area contributed by atoms with E-state index in [1.54, 1.807) is 10.7 Å². The van der Waals surface area contributed by atoms with Crippen molar-refractivity contribution in [3.63, 3.8) is 0 Å². The highest BCUT2D eigenvalue weighted by Crippen LogP contribution is 2.16. The second kappa shape index (κ2) is 7.82. The van der Waals surface area contributed by atoms with E-state index >= 15 is 0 Å². The summed E-state index contributed by atoms with van der Waals surface area (Å²) in [4.78, 5) is 14.1. The van der Waals surface area contributed by atoms with Crippen molar-refractivity contribution >= 4 is 11.8 Å². The van der Waals surface area contributed by atoms with Crippen LogP contribution in [0.15, 0.2) is 12.3 Å². The first-order chi connectivity index (χ1) is 10.6. The minimum absolute atomic E-state index is 0.174. The molecular weight excluding hydrogens is 282 g/mol. The molecule has 0 aromatic carbocycles. The summed E-state index contributed by atoms with van der Waals surface area (Å²) in [6.07, 6.45) is 8.20. The van der Waals surface area contributed by atoms with E-state index in [1.165, 1.54) is 0 Å². The van der Waals surface area contributed by atoms with Gasteiger partial charge in [-0.2, -0.15) is 5.10 Å². The number of hydrogen-bond acceptors (Lipinski definition) is 4. The van der Waals surface area contributed by atoms with Crippen molar-refractivity contribution in [1.29, 1.82) is 0 Å². The Labute approximate surface area is 131 Å². The molecule has 7 nitrogen and oxygen atoms in total. The van der Waals surface area contributed by atoms with E-state index in [0.717, 1.165) is 19.5 Å². The summed E-state index contributed by atoms with van der Waals surface area (Å²) < 4.78 is 7.09. The zero-order valence-corrected chi connectivity index (χ0v) is 13.1. The molecule has 1 saturated heterocycles. The number of nitrogens with zero attached hydrogens (tertiary/aromatic N) is 3. The first-order valence-corrected chi connectivity index (χ1v) is 7.38. The molecule has 2 amide bonds. The summed E-state index contributed by atoms with van der Waals surface area (Å²) in [7, 11) is 4.01. The summed E-state index contributed by atoms with van der Waals surface area (Å²) in [5.74, 6) is 3.30. The van der Waals surface area contributed by atoms with E-state index in [4.69, 9.17) is 11.2 Å². The van der Waals surface area contributed by atoms with E-state index in [0.29, 0.717) is 19.0 Å². The third-order valence-electron chi connectivity index (χ3n) is 3.56. The van der Waals surface area contributed by atoms with Crippen LogP contribution in [0.25, 0.3) is 0 Å². The van der Waals surface area contributed by atoms with Crippen molar-refractivity contribution < 1.29 is 9.53 Å². The molecule has 1 aromatic rings. The van der Waals surface area contributed by atoms with E-state index in [2.05, 4.69) is 26.6 Å². The Morgan fingerprint density at radius 2 is 2.50 bits per heavy atom. The molecule has 0 aliphatic carbocycles. The van der Waals surface area contributed by atoms with Crippen molar-refractivity contribution in [2.24, 2.45) is 5.92 Å². The first-order valence-electron chi connectivity index (χ1n) is 7.38. The Bertz CT molecular complexity index is 528. The van der Waals surface area contributed by atoms with Gasteiger partial charge >= 0.3 is 6.03 Å². The lowest BCUT2D eigenvalue weighted by Crippen LogP contribution is -2.42. The van der Waals surface area contributed by atoms with Crippen LogP contribution < -0.4 is 10.6 Å². The van der Waals surface area contributed by atoms with Gasteiger partial charge in [-0.3, -0.25) is 10.00 Å². The maximum atomic E-state index is 12.0. The number of aromatic nitrogens is 2. The number of amides is 2. The smallest absolute Gasteiger partial charge is 0.321 e. The second-order valence-electron chi connectivity index (χ2n) is 5.63. The zero-order valence-electron chi connectivity index (χ0n) is 13.1. The number of likely N-dealkylation sites (N-methyl/N-ethyl adjacent to an activating group) is 1. The maximum Gasteiger partial charge on any atom is 0.321 e. The average molecular weight is 305 g/mol. The Morgan fingerprint density at radius 1 is 1.68 bits per heavy atom. The van der Waals surface area contributed by atoms with E-state index < -0.39 is 0 Å². The molecule has 120 valence electrons. The van der Waals surface area contributed by atoms with Crippen LogP contribution in [-0.4, -0.2) is 60.6 Å². The van der Waals surface area contributed by atoms with Crippen molar-refractivity contribution in [2.45, 2.75) is 19.0 Å². The summed E-state index contributed by atoms with van der Waals surface area (Å²) in [5, 5.41) is 9.79. The summed E-state index contributed by atoms with van der Waals surface area (Å²) in [5.41, 5.74) is 0. The van der Waals surface area contributed by atoms with Gasteiger partial charge in [0.25, 0.3) is 0 Å². The highest BCUT2D eigenvalue weighted by Gasteiger charge is 2.25. The number of hydrogen-bond donors (Lipinski definition) is 2. The van der Waals surface area contributed by atoms with Crippen LogP contribution in [0.1, 0.15) is 6.42 Å². The van der Waals surface area contributed by atoms with Gasteiger partial charge in [-0.15, -0.1) is 6.42 Å². The molecule has 0 unspecified atom stereocenters. The lowest BCUT2D eigenvalue weighted by Gasteiger charge is -2.18. The van der Waals surface area contributed by atoms with Gasteiger partial charge in [0, 0.05) is 31.3 Å². The average Bonchev–Trinajstić information content (AvgIpc) is 3.14. The maximum absolute atomic E-state index is 12.0. The van der Waals surface area contributed by atoms with Gasteiger partial charge in [0.1, 0.15) is 0 Å². The van der Waals surface area contributed by atoms with Crippen LogP contribution in [0.4, 0.5) is 10.6 Å². The number of carbonyl (C=O) groups excluding carboxylic acids is 1. The second-order valence-corrected chi connectivity index (χ2v) is 5.63. The Kier molecular flexibility index (Phi) is 5.81. The minimum Gasteiger partial charge on any atom is -0.381 e. The molecule has 1 aromatic heterocycles. The molecule has 7 heteroatoms. The number of carbonyl (C=O) groups is 1.